The van der Waals surface area contributed by atoms with Gasteiger partial charge in [-0.25, -0.2) is 0 Å². The molecule has 1 aromatic carbocycles. The van der Waals surface area contributed by atoms with Crippen LogP contribution in [0.25, 0.3) is 0 Å². The number of aromatic nitrogens is 1. The minimum absolute atomic E-state index is 0.439. The molecule has 2 N–H and O–H groups in total. The Hall–Kier alpha value is -1.40. The summed E-state index contributed by atoms with van der Waals surface area (Å²) in [6.45, 7) is 3.71. The molecular weight excluding hydrogens is 304 g/mol. The van der Waals surface area contributed by atoms with Crippen molar-refractivity contribution in [2.75, 3.05) is 24.2 Å². The third-order valence-corrected chi connectivity index (χ3v) is 4.00. The Morgan fingerprint density at radius 2 is 2.33 bits per heavy atom. The van der Waals surface area contributed by atoms with E-state index in [1.807, 2.05) is 42.2 Å². The second kappa shape index (κ2) is 8.79. The van der Waals surface area contributed by atoms with Crippen molar-refractivity contribution in [3.63, 3.8) is 0 Å². The Morgan fingerprint density at radius 1 is 1.43 bits per heavy atom. The van der Waals surface area contributed by atoms with Crippen LogP contribution in [0, 0.1) is 4.84 Å². The van der Waals surface area contributed by atoms with E-state index in [1.165, 1.54) is 0 Å². The van der Waals surface area contributed by atoms with Gasteiger partial charge in [0.1, 0.15) is 11.5 Å². The van der Waals surface area contributed by atoms with Crippen LogP contribution in [0.1, 0.15) is 19.1 Å². The molecule has 0 bridgehead atoms. The molecule has 0 saturated carbocycles. The van der Waals surface area contributed by atoms with E-state index in [0.717, 1.165) is 48.3 Å². The number of hydrogen-bond donors (Lipinski definition) is 2. The lowest BCUT2D eigenvalue weighted by Crippen LogP contribution is -2.00. The molecule has 0 aliphatic rings. The van der Waals surface area contributed by atoms with Crippen LogP contribution in [-0.2, 0) is 5.75 Å². The van der Waals surface area contributed by atoms with Crippen molar-refractivity contribution in [2.45, 2.75) is 19.1 Å². The van der Waals surface area contributed by atoms with Crippen molar-refractivity contribution in [1.29, 1.82) is 0 Å². The Morgan fingerprint density at radius 3 is 3.10 bits per heavy atom. The van der Waals surface area contributed by atoms with E-state index < -0.39 is 0 Å². The highest BCUT2D eigenvalue weighted by molar-refractivity contribution is 7.98. The van der Waals surface area contributed by atoms with Crippen LogP contribution in [0.15, 0.2) is 34.9 Å². The lowest BCUT2D eigenvalue weighted by atomic mass is 10.3. The van der Waals surface area contributed by atoms with Gasteiger partial charge < -0.3 is 19.5 Å². The monoisotopic (exact) mass is 324 g/mol. The van der Waals surface area contributed by atoms with Crippen molar-refractivity contribution in [3.8, 4) is 5.75 Å². The standard InChI is InChI=1S/C15H20N2O2S2/c1-2-16-12-5-3-6-13(9-12)18-7-4-8-21-11-14-10-17-15(20)19-14/h3,5-6,9-10,16H,2,4,7-8,11H2,1H3,(H,17,20). The number of rotatable bonds is 9. The minimum atomic E-state index is 0.439. The highest BCUT2D eigenvalue weighted by Gasteiger charge is 1.99. The van der Waals surface area contributed by atoms with Crippen LogP contribution in [0.2, 0.25) is 0 Å². The summed E-state index contributed by atoms with van der Waals surface area (Å²) in [4.78, 5) is 3.30. The first-order valence-corrected chi connectivity index (χ1v) is 8.56. The number of oxazole rings is 1. The zero-order valence-electron chi connectivity index (χ0n) is 12.1. The Kier molecular flexibility index (Phi) is 6.69. The van der Waals surface area contributed by atoms with Crippen LogP contribution in [0.4, 0.5) is 5.69 Å². The fourth-order valence-corrected chi connectivity index (χ4v) is 2.79. The third kappa shape index (κ3) is 5.85. The summed E-state index contributed by atoms with van der Waals surface area (Å²) in [5, 5.41) is 3.27. The van der Waals surface area contributed by atoms with Gasteiger partial charge in [0, 0.05) is 24.5 Å². The molecule has 0 aliphatic carbocycles. The fraction of sp³-hybridized carbons (Fsp3) is 0.400. The van der Waals surface area contributed by atoms with Crippen LogP contribution in [-0.4, -0.2) is 23.9 Å². The van der Waals surface area contributed by atoms with E-state index in [1.54, 1.807) is 0 Å². The first-order chi connectivity index (χ1) is 10.3. The van der Waals surface area contributed by atoms with E-state index in [-0.39, 0.29) is 0 Å². The maximum atomic E-state index is 5.75. The van der Waals surface area contributed by atoms with Crippen molar-refractivity contribution in [2.24, 2.45) is 0 Å². The van der Waals surface area contributed by atoms with Crippen molar-refractivity contribution in [1.82, 2.24) is 4.98 Å². The predicted octanol–water partition coefficient (Wildman–Crippen LogP) is 4.47. The summed E-state index contributed by atoms with van der Waals surface area (Å²) in [5.74, 6) is 3.67. The smallest absolute Gasteiger partial charge is 0.266 e. The molecule has 0 fully saturated rings. The SMILES string of the molecule is CCNc1cccc(OCCCSCc2c[nH]c(=S)o2)c1. The second-order valence-corrected chi connectivity index (χ2v) is 5.93. The quantitative estimate of drug-likeness (QED) is 0.526. The van der Waals surface area contributed by atoms with E-state index in [4.69, 9.17) is 21.4 Å². The summed E-state index contributed by atoms with van der Waals surface area (Å²) < 4.78 is 11.0. The number of thioether (sulfide) groups is 1. The van der Waals surface area contributed by atoms with Crippen molar-refractivity contribution in [3.05, 3.63) is 41.1 Å². The molecule has 2 aromatic rings. The highest BCUT2D eigenvalue weighted by Crippen LogP contribution is 2.18. The summed E-state index contributed by atoms with van der Waals surface area (Å²) in [6.07, 6.45) is 2.82. The zero-order chi connectivity index (χ0) is 14.9. The number of nitrogens with one attached hydrogen (secondary N) is 2. The average Bonchev–Trinajstić information content (AvgIpc) is 2.89. The number of anilines is 1. The lowest BCUT2D eigenvalue weighted by molar-refractivity contribution is 0.319. The van der Waals surface area contributed by atoms with E-state index in [9.17, 15) is 0 Å². The zero-order valence-corrected chi connectivity index (χ0v) is 13.7. The molecule has 1 aromatic heterocycles. The molecule has 2 rings (SSSR count). The maximum absolute atomic E-state index is 5.75. The largest absolute Gasteiger partial charge is 0.493 e. The van der Waals surface area contributed by atoms with Gasteiger partial charge in [-0.1, -0.05) is 6.07 Å². The summed E-state index contributed by atoms with van der Waals surface area (Å²) in [5.41, 5.74) is 1.10. The van der Waals surface area contributed by atoms with Crippen LogP contribution < -0.4 is 10.1 Å². The van der Waals surface area contributed by atoms with Gasteiger partial charge in [-0.05, 0) is 43.4 Å². The van der Waals surface area contributed by atoms with Crippen LogP contribution in [0.3, 0.4) is 0 Å². The molecule has 21 heavy (non-hydrogen) atoms. The number of ether oxygens (including phenoxy) is 1. The van der Waals surface area contributed by atoms with Crippen molar-refractivity contribution < 1.29 is 9.15 Å². The van der Waals surface area contributed by atoms with Gasteiger partial charge >= 0.3 is 0 Å². The molecule has 0 aliphatic heterocycles. The van der Waals surface area contributed by atoms with Gasteiger partial charge in [0.2, 0.25) is 0 Å². The summed E-state index contributed by atoms with van der Waals surface area (Å²) >= 11 is 6.69. The van der Waals surface area contributed by atoms with Gasteiger partial charge in [0.25, 0.3) is 4.84 Å². The molecule has 0 spiro atoms. The molecule has 0 unspecified atom stereocenters. The van der Waals surface area contributed by atoms with Crippen molar-refractivity contribution >= 4 is 29.7 Å². The van der Waals surface area contributed by atoms with Gasteiger partial charge in [0.05, 0.1) is 12.4 Å². The molecule has 6 heteroatoms. The topological polar surface area (TPSA) is 50.2 Å². The highest BCUT2D eigenvalue weighted by atomic mass is 32.2. The molecule has 0 amide bonds. The fourth-order valence-electron chi connectivity index (χ4n) is 1.81. The van der Waals surface area contributed by atoms with Gasteiger partial charge in [-0.2, -0.15) is 11.8 Å². The predicted molar refractivity (Wildman–Crippen MR) is 90.8 cm³/mol. The molecule has 0 saturated heterocycles. The van der Waals surface area contributed by atoms with E-state index in [2.05, 4.69) is 17.2 Å². The maximum Gasteiger partial charge on any atom is 0.266 e. The second-order valence-electron chi connectivity index (χ2n) is 4.46. The number of hydrogen-bond acceptors (Lipinski definition) is 5. The van der Waals surface area contributed by atoms with Crippen LogP contribution >= 0.6 is 24.0 Å². The molecule has 4 nitrogen and oxygen atoms in total. The minimum Gasteiger partial charge on any atom is -0.493 e. The summed E-state index contributed by atoms with van der Waals surface area (Å²) in [6, 6.07) is 8.06. The average molecular weight is 324 g/mol. The molecule has 0 radical (unpaired) electrons. The van der Waals surface area contributed by atoms with E-state index >= 15 is 0 Å². The van der Waals surface area contributed by atoms with Gasteiger partial charge in [0.15, 0.2) is 0 Å². The first kappa shape index (κ1) is 16.0. The molecular formula is C15H20N2O2S2. The Balaban J connectivity index is 1.61. The number of benzene rings is 1. The molecule has 1 heterocycles. The van der Waals surface area contributed by atoms with Crippen LogP contribution in [0.5, 0.6) is 5.75 Å². The lowest BCUT2D eigenvalue weighted by Gasteiger charge is -2.08. The first-order valence-electron chi connectivity index (χ1n) is 7.00. The van der Waals surface area contributed by atoms with Gasteiger partial charge in [-0.3, -0.25) is 0 Å². The van der Waals surface area contributed by atoms with E-state index in [0.29, 0.717) is 4.84 Å². The molecule has 114 valence electrons. The number of H-pyrrole nitrogens is 1. The molecule has 0 atom stereocenters. The number of aromatic amines is 1. The summed E-state index contributed by atoms with van der Waals surface area (Å²) in [7, 11) is 0. The normalized spacial score (nSPS) is 10.5. The van der Waals surface area contributed by atoms with Gasteiger partial charge in [-0.15, -0.1) is 0 Å². The third-order valence-electron chi connectivity index (χ3n) is 2.74. The Bertz CT molecular complexity index is 595. The Labute approximate surface area is 134 Å².